The van der Waals surface area contributed by atoms with Crippen molar-refractivity contribution in [2.24, 2.45) is 0 Å². The Morgan fingerprint density at radius 2 is 1.82 bits per heavy atom. The molecule has 0 atom stereocenters. The van der Waals surface area contributed by atoms with Gasteiger partial charge in [0.2, 0.25) is 0 Å². The highest BCUT2D eigenvalue weighted by Gasteiger charge is 2.37. The summed E-state index contributed by atoms with van der Waals surface area (Å²) in [6.07, 6.45) is -1.55. The lowest BCUT2D eigenvalue weighted by atomic mass is 10.1. The predicted octanol–water partition coefficient (Wildman–Crippen LogP) is 2.21. The van der Waals surface area contributed by atoms with Crippen molar-refractivity contribution < 1.29 is 18.0 Å². The molecule has 1 saturated heterocycles. The molecule has 11 heteroatoms. The average molecular weight is 458 g/mol. The van der Waals surface area contributed by atoms with Gasteiger partial charge in [0, 0.05) is 51.7 Å². The number of halogens is 3. The number of anilines is 1. The van der Waals surface area contributed by atoms with Gasteiger partial charge >= 0.3 is 6.18 Å². The van der Waals surface area contributed by atoms with Crippen molar-refractivity contribution in [1.82, 2.24) is 25.2 Å². The normalized spacial score (nSPS) is 16.8. The van der Waals surface area contributed by atoms with Crippen molar-refractivity contribution in [2.75, 3.05) is 31.1 Å². The van der Waals surface area contributed by atoms with Gasteiger partial charge in [0.15, 0.2) is 0 Å². The molecule has 1 amide bonds. The molecular formula is C22H21F3N6O2. The van der Waals surface area contributed by atoms with Gasteiger partial charge in [-0.1, -0.05) is 0 Å². The topological polar surface area (TPSA) is 94.2 Å². The lowest BCUT2D eigenvalue weighted by Gasteiger charge is -2.35. The number of fused-ring (bicyclic) bond motifs is 2. The van der Waals surface area contributed by atoms with Crippen LogP contribution in [0.5, 0.6) is 0 Å². The minimum atomic E-state index is -4.73. The monoisotopic (exact) mass is 458 g/mol. The fourth-order valence-corrected chi connectivity index (χ4v) is 4.48. The Balaban J connectivity index is 1.28. The van der Waals surface area contributed by atoms with E-state index in [1.54, 1.807) is 18.5 Å². The summed E-state index contributed by atoms with van der Waals surface area (Å²) in [5, 5.41) is 2.79. The van der Waals surface area contributed by atoms with Gasteiger partial charge < -0.3 is 15.2 Å². The smallest absolute Gasteiger partial charge is 0.354 e. The van der Waals surface area contributed by atoms with E-state index in [1.807, 2.05) is 6.07 Å². The summed E-state index contributed by atoms with van der Waals surface area (Å²) in [7, 11) is 0. The van der Waals surface area contributed by atoms with E-state index >= 15 is 0 Å². The molecule has 0 unspecified atom stereocenters. The molecule has 5 heterocycles. The van der Waals surface area contributed by atoms with Crippen LogP contribution in [0.25, 0.3) is 11.0 Å². The number of carbonyl (C=O) groups excluding carboxylic acids is 1. The zero-order valence-electron chi connectivity index (χ0n) is 17.8. The number of carbonyl (C=O) groups is 1. The number of hydrogen-bond donors (Lipinski definition) is 2. The number of aromatic nitrogens is 3. The molecule has 0 aliphatic carbocycles. The van der Waals surface area contributed by atoms with Crippen LogP contribution in [-0.4, -0.2) is 51.9 Å². The van der Waals surface area contributed by atoms with E-state index in [9.17, 15) is 22.8 Å². The van der Waals surface area contributed by atoms with Gasteiger partial charge in [0.1, 0.15) is 11.4 Å². The average Bonchev–Trinajstić information content (AvgIpc) is 3.13. The number of aromatic amines is 1. The van der Waals surface area contributed by atoms with E-state index in [0.717, 1.165) is 43.1 Å². The van der Waals surface area contributed by atoms with Crippen molar-refractivity contribution in [3.63, 3.8) is 0 Å². The van der Waals surface area contributed by atoms with Crippen molar-refractivity contribution >= 4 is 22.8 Å². The van der Waals surface area contributed by atoms with E-state index < -0.39 is 17.3 Å². The quantitative estimate of drug-likeness (QED) is 0.625. The minimum Gasteiger partial charge on any atom is -0.354 e. The van der Waals surface area contributed by atoms with E-state index in [1.165, 1.54) is 6.92 Å². The molecule has 172 valence electrons. The summed E-state index contributed by atoms with van der Waals surface area (Å²) in [6.45, 7) is 5.37. The first kappa shape index (κ1) is 21.4. The van der Waals surface area contributed by atoms with Crippen LogP contribution in [0.3, 0.4) is 0 Å². The van der Waals surface area contributed by atoms with Crippen molar-refractivity contribution in [1.29, 1.82) is 0 Å². The molecule has 0 radical (unpaired) electrons. The number of alkyl halides is 3. The third-order valence-electron chi connectivity index (χ3n) is 6.19. The van der Waals surface area contributed by atoms with Gasteiger partial charge in [-0.05, 0) is 35.7 Å². The maximum absolute atomic E-state index is 13.2. The molecular weight excluding hydrogens is 437 g/mol. The Hall–Kier alpha value is -3.47. The highest BCUT2D eigenvalue weighted by atomic mass is 19.4. The van der Waals surface area contributed by atoms with Crippen molar-refractivity contribution in [2.45, 2.75) is 26.2 Å². The Labute approximate surface area is 186 Å². The maximum atomic E-state index is 13.2. The van der Waals surface area contributed by atoms with Crippen LogP contribution in [0.15, 0.2) is 29.3 Å². The zero-order valence-corrected chi connectivity index (χ0v) is 17.8. The number of pyridine rings is 3. The maximum Gasteiger partial charge on any atom is 0.422 e. The fourth-order valence-electron chi connectivity index (χ4n) is 4.48. The molecule has 0 aromatic carbocycles. The Morgan fingerprint density at radius 3 is 2.55 bits per heavy atom. The van der Waals surface area contributed by atoms with Gasteiger partial charge in [-0.2, -0.15) is 13.2 Å². The highest BCUT2D eigenvalue weighted by Crippen LogP contribution is 2.31. The Bertz CT molecular complexity index is 1310. The fraction of sp³-hybridized carbons (Fsp3) is 0.364. The molecule has 0 spiro atoms. The third kappa shape index (κ3) is 3.92. The third-order valence-corrected chi connectivity index (χ3v) is 6.19. The van der Waals surface area contributed by atoms with Crippen LogP contribution >= 0.6 is 0 Å². The second-order valence-corrected chi connectivity index (χ2v) is 8.34. The summed E-state index contributed by atoms with van der Waals surface area (Å²) >= 11 is 0. The Kier molecular flexibility index (Phi) is 5.08. The molecule has 1 fully saturated rings. The SMILES string of the molecule is Cc1c(C(F)(F)F)c(=O)[nH]c2cc(CN3CCN(c4cc5c(cn4)C(=O)NC5)CC3)cnc12. The second kappa shape index (κ2) is 7.84. The highest BCUT2D eigenvalue weighted by molar-refractivity contribution is 5.98. The summed E-state index contributed by atoms with van der Waals surface area (Å²) < 4.78 is 39.5. The van der Waals surface area contributed by atoms with E-state index in [2.05, 4.69) is 30.1 Å². The summed E-state index contributed by atoms with van der Waals surface area (Å²) in [4.78, 5) is 39.1. The molecule has 5 rings (SSSR count). The number of piperazine rings is 1. The number of nitrogens with zero attached hydrogens (tertiary/aromatic N) is 4. The second-order valence-electron chi connectivity index (χ2n) is 8.34. The molecule has 3 aromatic heterocycles. The van der Waals surface area contributed by atoms with Gasteiger partial charge in [-0.15, -0.1) is 0 Å². The van der Waals surface area contributed by atoms with Gasteiger partial charge in [-0.25, -0.2) is 4.98 Å². The largest absolute Gasteiger partial charge is 0.422 e. The first-order valence-corrected chi connectivity index (χ1v) is 10.5. The van der Waals surface area contributed by atoms with E-state index in [4.69, 9.17) is 0 Å². The Morgan fingerprint density at radius 1 is 1.06 bits per heavy atom. The molecule has 2 aliphatic rings. The number of rotatable bonds is 3. The summed E-state index contributed by atoms with van der Waals surface area (Å²) in [6, 6.07) is 3.64. The number of hydrogen-bond acceptors (Lipinski definition) is 6. The van der Waals surface area contributed by atoms with E-state index in [-0.39, 0.29) is 17.0 Å². The lowest BCUT2D eigenvalue weighted by Crippen LogP contribution is -2.46. The molecule has 0 saturated carbocycles. The first-order chi connectivity index (χ1) is 15.7. The summed E-state index contributed by atoms with van der Waals surface area (Å²) in [5.74, 6) is 0.745. The van der Waals surface area contributed by atoms with Crippen molar-refractivity contribution in [3.05, 3.63) is 62.7 Å². The van der Waals surface area contributed by atoms with Gasteiger partial charge in [-0.3, -0.25) is 19.5 Å². The molecule has 8 nitrogen and oxygen atoms in total. The van der Waals surface area contributed by atoms with Crippen LogP contribution in [0.1, 0.15) is 32.6 Å². The van der Waals surface area contributed by atoms with Crippen molar-refractivity contribution in [3.8, 4) is 0 Å². The van der Waals surface area contributed by atoms with Gasteiger partial charge in [0.25, 0.3) is 11.5 Å². The van der Waals surface area contributed by atoms with Crippen LogP contribution in [0.2, 0.25) is 0 Å². The van der Waals surface area contributed by atoms with E-state index in [0.29, 0.717) is 24.2 Å². The molecule has 2 N–H and O–H groups in total. The number of H-pyrrole nitrogens is 1. The first-order valence-electron chi connectivity index (χ1n) is 10.5. The lowest BCUT2D eigenvalue weighted by molar-refractivity contribution is -0.139. The molecule has 3 aromatic rings. The summed E-state index contributed by atoms with van der Waals surface area (Å²) in [5.41, 5.74) is 0.305. The number of amides is 1. The molecule has 2 aliphatic heterocycles. The van der Waals surface area contributed by atoms with Crippen LogP contribution in [0.4, 0.5) is 19.0 Å². The predicted molar refractivity (Wildman–Crippen MR) is 115 cm³/mol. The number of aryl methyl sites for hydroxylation is 1. The standard InChI is InChI=1S/C22H21F3N6O2/c1-12-18(22(23,24)25)21(33)29-16-6-13(8-27-19(12)16)11-30-2-4-31(5-3-30)17-7-14-9-28-20(32)15(14)10-26-17/h6-8,10H,2-5,9,11H2,1H3,(H,28,32)(H,29,33). The minimum absolute atomic E-state index is 0.0935. The molecule has 0 bridgehead atoms. The molecule has 33 heavy (non-hydrogen) atoms. The van der Waals surface area contributed by atoms with Crippen LogP contribution in [-0.2, 0) is 19.3 Å². The zero-order chi connectivity index (χ0) is 23.3. The van der Waals surface area contributed by atoms with Gasteiger partial charge in [0.05, 0.1) is 16.6 Å². The number of nitrogens with one attached hydrogen (secondary N) is 2. The van der Waals surface area contributed by atoms with Crippen LogP contribution in [0, 0.1) is 6.92 Å². The van der Waals surface area contributed by atoms with Crippen LogP contribution < -0.4 is 15.8 Å².